The van der Waals surface area contributed by atoms with Gasteiger partial charge in [0.05, 0.1) is 12.8 Å². The Morgan fingerprint density at radius 1 is 1.22 bits per heavy atom. The number of carbonyl (C=O) groups is 2. The highest BCUT2D eigenvalue weighted by Crippen LogP contribution is 2.36. The number of urea groups is 1. The van der Waals surface area contributed by atoms with E-state index in [1.807, 2.05) is 36.6 Å². The molecule has 1 atom stereocenters. The van der Waals surface area contributed by atoms with E-state index < -0.39 is 12.1 Å². The van der Waals surface area contributed by atoms with Gasteiger partial charge in [-0.15, -0.1) is 0 Å². The lowest BCUT2D eigenvalue weighted by atomic mass is 10.1. The molecule has 0 aliphatic rings. The van der Waals surface area contributed by atoms with E-state index in [1.54, 1.807) is 17.8 Å². The van der Waals surface area contributed by atoms with Gasteiger partial charge in [0, 0.05) is 16.8 Å². The molecule has 0 aliphatic carbocycles. The largest absolute Gasteiger partial charge is 0.495 e. The van der Waals surface area contributed by atoms with Crippen molar-refractivity contribution in [3.8, 4) is 5.75 Å². The number of carbonyl (C=O) groups excluding carboxylic acids is 2. The van der Waals surface area contributed by atoms with Crippen LogP contribution in [0.25, 0.3) is 21.9 Å². The van der Waals surface area contributed by atoms with E-state index in [1.165, 1.54) is 7.11 Å². The predicted molar refractivity (Wildman–Crippen MR) is 108 cm³/mol. The second-order valence-corrected chi connectivity index (χ2v) is 6.96. The van der Waals surface area contributed by atoms with Gasteiger partial charge >= 0.3 is 6.03 Å². The predicted octanol–water partition coefficient (Wildman–Crippen LogP) is 3.32. The van der Waals surface area contributed by atoms with Gasteiger partial charge in [0.1, 0.15) is 23.0 Å². The van der Waals surface area contributed by atoms with Crippen molar-refractivity contribution < 1.29 is 18.7 Å². The minimum atomic E-state index is -0.740. The first-order valence-electron chi connectivity index (χ1n) is 8.38. The van der Waals surface area contributed by atoms with Crippen molar-refractivity contribution in [2.24, 2.45) is 5.73 Å². The second-order valence-electron chi connectivity index (χ2n) is 5.98. The Kier molecular flexibility index (Phi) is 5.75. The van der Waals surface area contributed by atoms with E-state index in [9.17, 15) is 9.59 Å². The zero-order valence-corrected chi connectivity index (χ0v) is 15.9. The number of nitrogens with one attached hydrogen (secondary N) is 2. The minimum absolute atomic E-state index is 0.364. The number of nitrogens with two attached hydrogens (primary N) is 1. The van der Waals surface area contributed by atoms with Gasteiger partial charge in [-0.25, -0.2) is 4.79 Å². The number of furan rings is 1. The van der Waals surface area contributed by atoms with E-state index >= 15 is 0 Å². The number of hydrogen-bond acceptors (Lipinski definition) is 5. The molecule has 3 amide bonds. The smallest absolute Gasteiger partial charge is 0.312 e. The van der Waals surface area contributed by atoms with Crippen molar-refractivity contribution in [1.29, 1.82) is 0 Å². The van der Waals surface area contributed by atoms with Crippen molar-refractivity contribution in [2.45, 2.75) is 12.5 Å². The molecular weight excluding hydrogens is 366 g/mol. The Hall–Kier alpha value is -2.87. The van der Waals surface area contributed by atoms with Crippen molar-refractivity contribution in [3.63, 3.8) is 0 Å². The quantitative estimate of drug-likeness (QED) is 0.576. The Morgan fingerprint density at radius 3 is 2.70 bits per heavy atom. The summed E-state index contributed by atoms with van der Waals surface area (Å²) in [4.78, 5) is 23.9. The molecule has 0 saturated heterocycles. The number of hydrogen-bond donors (Lipinski definition) is 3. The summed E-state index contributed by atoms with van der Waals surface area (Å²) < 4.78 is 11.3. The molecule has 1 unspecified atom stereocenters. The molecule has 3 rings (SSSR count). The topological polar surface area (TPSA) is 107 Å². The summed E-state index contributed by atoms with van der Waals surface area (Å²) in [5.74, 6) is 0.847. The number of primary amides is 1. The van der Waals surface area contributed by atoms with E-state index in [2.05, 4.69) is 10.6 Å². The van der Waals surface area contributed by atoms with Crippen LogP contribution < -0.4 is 21.1 Å². The monoisotopic (exact) mass is 387 g/mol. The fraction of sp³-hybridized carbons (Fsp3) is 0.263. The second kappa shape index (κ2) is 8.22. The van der Waals surface area contributed by atoms with Crippen LogP contribution in [-0.2, 0) is 4.79 Å². The van der Waals surface area contributed by atoms with Crippen LogP contribution in [0.15, 0.2) is 40.8 Å². The standard InChI is InChI=1S/C19H21N3O4S/c1-25-17-9-12-11-5-3-4-6-15(11)26-16(12)10-14(17)21-18(23)13(7-8-27-2)22-19(20)24/h3-6,9-10,13H,7-8H2,1-2H3,(H,21,23)(H3,20,22,24). The van der Waals surface area contributed by atoms with Gasteiger partial charge in [-0.1, -0.05) is 18.2 Å². The molecule has 2 aromatic carbocycles. The van der Waals surface area contributed by atoms with Crippen molar-refractivity contribution in [3.05, 3.63) is 36.4 Å². The first-order valence-corrected chi connectivity index (χ1v) is 9.78. The van der Waals surface area contributed by atoms with Gasteiger partial charge in [-0.05, 0) is 30.6 Å². The summed E-state index contributed by atoms with van der Waals surface area (Å²) in [7, 11) is 1.53. The number of amides is 3. The van der Waals surface area contributed by atoms with E-state index in [4.69, 9.17) is 14.9 Å². The van der Waals surface area contributed by atoms with Gasteiger partial charge < -0.3 is 25.5 Å². The van der Waals surface area contributed by atoms with E-state index in [0.29, 0.717) is 29.2 Å². The van der Waals surface area contributed by atoms with Crippen molar-refractivity contribution in [2.75, 3.05) is 24.4 Å². The molecule has 4 N–H and O–H groups in total. The zero-order chi connectivity index (χ0) is 19.4. The lowest BCUT2D eigenvalue weighted by Gasteiger charge is -2.18. The molecule has 142 valence electrons. The third-order valence-corrected chi connectivity index (χ3v) is 4.84. The lowest BCUT2D eigenvalue weighted by molar-refractivity contribution is -0.118. The minimum Gasteiger partial charge on any atom is -0.495 e. The van der Waals surface area contributed by atoms with Crippen molar-refractivity contribution in [1.82, 2.24) is 5.32 Å². The molecule has 27 heavy (non-hydrogen) atoms. The van der Waals surface area contributed by atoms with Crippen LogP contribution in [0.2, 0.25) is 0 Å². The van der Waals surface area contributed by atoms with Crippen LogP contribution >= 0.6 is 11.8 Å². The van der Waals surface area contributed by atoms with Gasteiger partial charge in [0.15, 0.2) is 0 Å². The van der Waals surface area contributed by atoms with Crippen LogP contribution in [-0.4, -0.2) is 37.1 Å². The number of anilines is 1. The van der Waals surface area contributed by atoms with Crippen molar-refractivity contribution >= 4 is 51.3 Å². The fourth-order valence-corrected chi connectivity index (χ4v) is 3.39. The van der Waals surface area contributed by atoms with E-state index in [-0.39, 0.29) is 5.91 Å². The number of rotatable bonds is 7. The molecule has 0 spiro atoms. The lowest BCUT2D eigenvalue weighted by Crippen LogP contribution is -2.46. The summed E-state index contributed by atoms with van der Waals surface area (Å²) in [5.41, 5.74) is 7.05. The summed E-state index contributed by atoms with van der Waals surface area (Å²) in [6.45, 7) is 0. The number of benzene rings is 2. The molecule has 0 radical (unpaired) electrons. The summed E-state index contributed by atoms with van der Waals surface area (Å²) in [6, 6.07) is 9.77. The molecule has 3 aromatic rings. The summed E-state index contributed by atoms with van der Waals surface area (Å²) in [6.07, 6.45) is 2.39. The van der Waals surface area contributed by atoms with Gasteiger partial charge in [0.2, 0.25) is 5.91 Å². The van der Waals surface area contributed by atoms with Crippen LogP contribution in [0, 0.1) is 0 Å². The molecule has 7 nitrogen and oxygen atoms in total. The van der Waals surface area contributed by atoms with Crippen LogP contribution in [0.5, 0.6) is 5.75 Å². The third kappa shape index (κ3) is 4.11. The average Bonchev–Trinajstić information content (AvgIpc) is 3.01. The fourth-order valence-electron chi connectivity index (χ4n) is 2.91. The molecule has 1 aromatic heterocycles. The van der Waals surface area contributed by atoms with E-state index in [0.717, 1.165) is 16.4 Å². The third-order valence-electron chi connectivity index (χ3n) is 4.20. The Balaban J connectivity index is 1.93. The van der Waals surface area contributed by atoms with Crippen LogP contribution in [0.1, 0.15) is 6.42 Å². The molecule has 1 heterocycles. The maximum atomic E-state index is 12.7. The van der Waals surface area contributed by atoms with Gasteiger partial charge in [-0.3, -0.25) is 4.79 Å². The molecule has 8 heteroatoms. The molecule has 0 fully saturated rings. The number of fused-ring (bicyclic) bond motifs is 3. The zero-order valence-electron chi connectivity index (χ0n) is 15.1. The number of ether oxygens (including phenoxy) is 1. The van der Waals surface area contributed by atoms with Crippen LogP contribution in [0.4, 0.5) is 10.5 Å². The highest BCUT2D eigenvalue weighted by atomic mass is 32.2. The Bertz CT molecular complexity index is 986. The summed E-state index contributed by atoms with van der Waals surface area (Å²) >= 11 is 1.58. The number of para-hydroxylation sites is 1. The van der Waals surface area contributed by atoms with Gasteiger partial charge in [-0.2, -0.15) is 11.8 Å². The highest BCUT2D eigenvalue weighted by Gasteiger charge is 2.21. The Morgan fingerprint density at radius 2 is 2.00 bits per heavy atom. The SMILES string of the molecule is COc1cc2c(cc1NC(=O)C(CCSC)NC(N)=O)oc1ccccc12. The maximum absolute atomic E-state index is 12.7. The molecule has 0 bridgehead atoms. The average molecular weight is 387 g/mol. The number of methoxy groups -OCH3 is 1. The summed E-state index contributed by atoms with van der Waals surface area (Å²) in [5, 5.41) is 7.16. The first-order chi connectivity index (χ1) is 13.0. The van der Waals surface area contributed by atoms with Gasteiger partial charge in [0.25, 0.3) is 0 Å². The first kappa shape index (κ1) is 18.9. The van der Waals surface area contributed by atoms with Crippen LogP contribution in [0.3, 0.4) is 0 Å². The molecule has 0 aliphatic heterocycles. The molecular formula is C19H21N3O4S. The maximum Gasteiger partial charge on any atom is 0.312 e. The highest BCUT2D eigenvalue weighted by molar-refractivity contribution is 7.98. The normalized spacial score (nSPS) is 12.1. The number of thioether (sulfide) groups is 1. The Labute approximate surface area is 160 Å². The molecule has 0 saturated carbocycles.